The van der Waals surface area contributed by atoms with Crippen molar-refractivity contribution in [2.45, 2.75) is 6.92 Å². The largest absolute Gasteiger partial charge is 0.462 e. The summed E-state index contributed by atoms with van der Waals surface area (Å²) in [6.45, 7) is 4.68. The minimum atomic E-state index is -0.368. The van der Waals surface area contributed by atoms with Crippen LogP contribution in [0, 0.1) is 0 Å². The third kappa shape index (κ3) is 3.67. The number of fused-ring (bicyclic) bond motifs is 1. The zero-order chi connectivity index (χ0) is 21.3. The van der Waals surface area contributed by atoms with E-state index in [-0.39, 0.29) is 11.9 Å². The molecule has 7 nitrogen and oxygen atoms in total. The fourth-order valence-electron chi connectivity index (χ4n) is 3.78. The van der Waals surface area contributed by atoms with Crippen LogP contribution in [0.1, 0.15) is 27.8 Å². The Hall–Kier alpha value is -2.87. The summed E-state index contributed by atoms with van der Waals surface area (Å²) in [4.78, 5) is 33.4. The lowest BCUT2D eigenvalue weighted by Gasteiger charge is -2.35. The number of anilines is 1. The molecule has 1 amide bonds. The predicted molar refractivity (Wildman–Crippen MR) is 119 cm³/mol. The number of pyridine rings is 1. The summed E-state index contributed by atoms with van der Waals surface area (Å²) >= 11 is 3.62. The number of rotatable bonds is 4. The molecule has 0 saturated carbocycles. The van der Waals surface area contributed by atoms with Gasteiger partial charge >= 0.3 is 5.97 Å². The number of amides is 1. The average molecular weight is 471 g/mol. The number of hydrogen-bond acceptors (Lipinski definition) is 5. The molecule has 3 heterocycles. The molecule has 0 aliphatic carbocycles. The second-order valence-electron chi connectivity index (χ2n) is 7.14. The number of aryl methyl sites for hydroxylation is 1. The molecule has 1 fully saturated rings. The van der Waals surface area contributed by atoms with Crippen molar-refractivity contribution in [3.05, 3.63) is 58.3 Å². The van der Waals surface area contributed by atoms with Crippen molar-refractivity contribution in [1.29, 1.82) is 0 Å². The van der Waals surface area contributed by atoms with E-state index in [1.54, 1.807) is 13.0 Å². The second kappa shape index (κ2) is 8.47. The maximum atomic E-state index is 13.2. The molecule has 2 aromatic heterocycles. The van der Waals surface area contributed by atoms with E-state index in [0.717, 1.165) is 21.2 Å². The minimum Gasteiger partial charge on any atom is -0.462 e. The number of benzene rings is 1. The van der Waals surface area contributed by atoms with Gasteiger partial charge in [-0.1, -0.05) is 18.2 Å². The highest BCUT2D eigenvalue weighted by atomic mass is 79.9. The van der Waals surface area contributed by atoms with Crippen LogP contribution in [-0.2, 0) is 11.8 Å². The van der Waals surface area contributed by atoms with Gasteiger partial charge in [0, 0.05) is 50.3 Å². The highest BCUT2D eigenvalue weighted by molar-refractivity contribution is 9.10. The number of piperazine rings is 1. The van der Waals surface area contributed by atoms with Crippen molar-refractivity contribution in [3.63, 3.8) is 0 Å². The van der Waals surface area contributed by atoms with Crippen molar-refractivity contribution in [3.8, 4) is 0 Å². The second-order valence-corrected chi connectivity index (χ2v) is 7.94. The molecule has 1 aromatic carbocycles. The Balaban J connectivity index is 1.45. The summed E-state index contributed by atoms with van der Waals surface area (Å²) in [6, 6.07) is 11.5. The summed E-state index contributed by atoms with van der Waals surface area (Å²) in [6.07, 6.45) is 1.54. The molecule has 0 unspecified atom stereocenters. The molecule has 3 aromatic rings. The maximum absolute atomic E-state index is 13.2. The average Bonchev–Trinajstić information content (AvgIpc) is 3.04. The molecule has 1 saturated heterocycles. The molecule has 156 valence electrons. The Kier molecular flexibility index (Phi) is 5.76. The highest BCUT2D eigenvalue weighted by Crippen LogP contribution is 2.31. The summed E-state index contributed by atoms with van der Waals surface area (Å²) in [5.74, 6) is 0.444. The molecule has 30 heavy (non-hydrogen) atoms. The minimum absolute atomic E-state index is 0.0193. The van der Waals surface area contributed by atoms with Gasteiger partial charge in [-0.25, -0.2) is 9.78 Å². The molecule has 1 aliphatic heterocycles. The van der Waals surface area contributed by atoms with E-state index in [1.807, 2.05) is 46.8 Å². The van der Waals surface area contributed by atoms with Crippen molar-refractivity contribution in [2.75, 3.05) is 37.7 Å². The van der Waals surface area contributed by atoms with Crippen LogP contribution in [0.4, 0.5) is 5.82 Å². The summed E-state index contributed by atoms with van der Waals surface area (Å²) in [5.41, 5.74) is 2.13. The van der Waals surface area contributed by atoms with Crippen LogP contribution in [-0.4, -0.2) is 59.1 Å². The van der Waals surface area contributed by atoms with E-state index < -0.39 is 0 Å². The molecular formula is C22H23BrN4O3. The molecule has 0 radical (unpaired) electrons. The van der Waals surface area contributed by atoms with Gasteiger partial charge in [0.2, 0.25) is 0 Å². The maximum Gasteiger partial charge on any atom is 0.339 e. The van der Waals surface area contributed by atoms with E-state index >= 15 is 0 Å². The molecule has 0 N–H and O–H groups in total. The number of nitrogens with zero attached hydrogens (tertiary/aromatic N) is 4. The van der Waals surface area contributed by atoms with Crippen LogP contribution in [0.15, 0.2) is 47.1 Å². The topological polar surface area (TPSA) is 67.7 Å². The van der Waals surface area contributed by atoms with Gasteiger partial charge in [-0.3, -0.25) is 4.79 Å². The third-order valence-electron chi connectivity index (χ3n) is 5.40. The van der Waals surface area contributed by atoms with E-state index in [1.165, 1.54) is 6.20 Å². The molecule has 4 rings (SSSR count). The number of aromatic nitrogens is 2. The first-order valence-corrected chi connectivity index (χ1v) is 10.7. The smallest absolute Gasteiger partial charge is 0.339 e. The van der Waals surface area contributed by atoms with Crippen molar-refractivity contribution < 1.29 is 14.3 Å². The van der Waals surface area contributed by atoms with E-state index in [2.05, 4.69) is 25.8 Å². The monoisotopic (exact) mass is 470 g/mol. The standard InChI is InChI=1S/C22H23BrN4O3/c1-3-30-22(29)15-8-9-18(24-14-15)26-10-12-27(13-11-26)21(28)20-19(23)16-6-4-5-7-17(16)25(20)2/h4-9,14H,3,10-13H2,1-2H3. The number of ether oxygens (including phenoxy) is 1. The van der Waals surface area contributed by atoms with Gasteiger partial charge in [-0.05, 0) is 41.1 Å². The van der Waals surface area contributed by atoms with Crippen LogP contribution < -0.4 is 4.90 Å². The number of halogens is 1. The lowest BCUT2D eigenvalue weighted by molar-refractivity contribution is 0.0525. The van der Waals surface area contributed by atoms with Crippen LogP contribution in [0.3, 0.4) is 0 Å². The highest BCUT2D eigenvalue weighted by Gasteiger charge is 2.27. The molecule has 1 aliphatic rings. The summed E-state index contributed by atoms with van der Waals surface area (Å²) in [5, 5.41) is 1.04. The number of para-hydroxylation sites is 1. The van der Waals surface area contributed by atoms with Crippen LogP contribution >= 0.6 is 15.9 Å². The van der Waals surface area contributed by atoms with E-state index in [0.29, 0.717) is 44.0 Å². The Morgan fingerprint density at radius 3 is 2.47 bits per heavy atom. The fourth-order valence-corrected chi connectivity index (χ4v) is 4.55. The normalized spacial score (nSPS) is 14.2. The van der Waals surface area contributed by atoms with Gasteiger partial charge in [0.05, 0.1) is 16.6 Å². The Morgan fingerprint density at radius 2 is 1.83 bits per heavy atom. The zero-order valence-corrected chi connectivity index (χ0v) is 18.6. The Bertz CT molecular complexity index is 1050. The van der Waals surface area contributed by atoms with E-state index in [9.17, 15) is 9.59 Å². The number of esters is 1. The SMILES string of the molecule is CCOC(=O)c1ccc(N2CCN(C(=O)c3c(Br)c4ccccc4n3C)CC2)nc1. The Morgan fingerprint density at radius 1 is 1.10 bits per heavy atom. The first-order chi connectivity index (χ1) is 14.5. The van der Waals surface area contributed by atoms with Crippen LogP contribution in [0.5, 0.6) is 0 Å². The Labute approximate surface area is 183 Å². The summed E-state index contributed by atoms with van der Waals surface area (Å²) < 4.78 is 7.78. The molecule has 0 spiro atoms. The lowest BCUT2D eigenvalue weighted by Crippen LogP contribution is -2.49. The van der Waals surface area contributed by atoms with Gasteiger partial charge < -0.3 is 19.1 Å². The van der Waals surface area contributed by atoms with Crippen molar-refractivity contribution >= 4 is 44.5 Å². The fraction of sp³-hybridized carbons (Fsp3) is 0.318. The predicted octanol–water partition coefficient (Wildman–Crippen LogP) is 3.47. The van der Waals surface area contributed by atoms with Gasteiger partial charge in [-0.15, -0.1) is 0 Å². The first-order valence-electron chi connectivity index (χ1n) is 9.91. The van der Waals surface area contributed by atoms with Crippen LogP contribution in [0.2, 0.25) is 0 Å². The van der Waals surface area contributed by atoms with Crippen molar-refractivity contribution in [1.82, 2.24) is 14.5 Å². The quantitative estimate of drug-likeness (QED) is 0.546. The third-order valence-corrected chi connectivity index (χ3v) is 6.20. The first kappa shape index (κ1) is 20.4. The van der Waals surface area contributed by atoms with Crippen LogP contribution in [0.25, 0.3) is 10.9 Å². The zero-order valence-electron chi connectivity index (χ0n) is 17.0. The van der Waals surface area contributed by atoms with E-state index in [4.69, 9.17) is 4.74 Å². The van der Waals surface area contributed by atoms with Gasteiger partial charge in [-0.2, -0.15) is 0 Å². The van der Waals surface area contributed by atoms with Gasteiger partial charge in [0.15, 0.2) is 0 Å². The van der Waals surface area contributed by atoms with Crippen molar-refractivity contribution in [2.24, 2.45) is 7.05 Å². The lowest BCUT2D eigenvalue weighted by atomic mass is 10.2. The number of carbonyl (C=O) groups excluding carboxylic acids is 2. The number of hydrogen-bond donors (Lipinski definition) is 0. The number of carbonyl (C=O) groups is 2. The molecule has 0 atom stereocenters. The summed E-state index contributed by atoms with van der Waals surface area (Å²) in [7, 11) is 1.92. The molecular weight excluding hydrogens is 448 g/mol. The van der Waals surface area contributed by atoms with Gasteiger partial charge in [0.25, 0.3) is 5.91 Å². The molecule has 8 heteroatoms. The van der Waals surface area contributed by atoms with Gasteiger partial charge in [0.1, 0.15) is 11.5 Å². The molecule has 0 bridgehead atoms.